The van der Waals surface area contributed by atoms with Gasteiger partial charge in [-0.25, -0.2) is 4.79 Å². The molecule has 22 heavy (non-hydrogen) atoms. The van der Waals surface area contributed by atoms with E-state index in [9.17, 15) is 9.59 Å². The monoisotopic (exact) mass is 295 g/mol. The number of anilines is 1. The van der Waals surface area contributed by atoms with Crippen molar-refractivity contribution in [3.05, 3.63) is 64.1 Å². The van der Waals surface area contributed by atoms with E-state index in [1.54, 1.807) is 18.2 Å². The Labute approximate surface area is 127 Å². The summed E-state index contributed by atoms with van der Waals surface area (Å²) < 4.78 is 0. The Bertz CT molecular complexity index is 873. The number of aromatic nitrogens is 2. The zero-order valence-electron chi connectivity index (χ0n) is 12.4. The number of hydrogen-bond acceptors (Lipinski definition) is 2. The number of carbonyl (C=O) groups is 1. The summed E-state index contributed by atoms with van der Waals surface area (Å²) in [7, 11) is 0. The normalized spacial score (nSPS) is 11.0. The second kappa shape index (κ2) is 5.52. The van der Waals surface area contributed by atoms with E-state index in [-0.39, 0.29) is 11.6 Å². The highest BCUT2D eigenvalue weighted by atomic mass is 16.2. The highest BCUT2D eigenvalue weighted by Gasteiger charge is 2.08. The molecule has 1 heterocycles. The average molecular weight is 295 g/mol. The summed E-state index contributed by atoms with van der Waals surface area (Å²) in [6.45, 7) is 4.23. The fourth-order valence-electron chi connectivity index (χ4n) is 2.33. The van der Waals surface area contributed by atoms with Crippen LogP contribution in [-0.2, 0) is 0 Å². The van der Waals surface area contributed by atoms with Gasteiger partial charge in [-0.15, -0.1) is 0 Å². The summed E-state index contributed by atoms with van der Waals surface area (Å²) >= 11 is 0. The molecule has 112 valence electrons. The smallest absolute Gasteiger partial charge is 0.322 e. The number of amides is 1. The van der Waals surface area contributed by atoms with E-state index in [0.717, 1.165) is 0 Å². The molecule has 0 aliphatic carbocycles. The fraction of sp³-hybridized carbons (Fsp3) is 0.176. The van der Waals surface area contributed by atoms with Gasteiger partial charge in [0.25, 0.3) is 5.91 Å². The molecular weight excluding hydrogens is 278 g/mol. The van der Waals surface area contributed by atoms with Crippen LogP contribution in [0.15, 0.2) is 47.3 Å². The van der Waals surface area contributed by atoms with E-state index < -0.39 is 0 Å². The summed E-state index contributed by atoms with van der Waals surface area (Å²) in [5.74, 6) is 0.262. The van der Waals surface area contributed by atoms with Crippen LogP contribution in [0.1, 0.15) is 35.7 Å². The molecule has 5 heteroatoms. The maximum Gasteiger partial charge on any atom is 0.323 e. The van der Waals surface area contributed by atoms with Crippen molar-refractivity contribution in [1.82, 2.24) is 9.97 Å². The number of hydrogen-bond donors (Lipinski definition) is 3. The number of H-pyrrole nitrogens is 2. The Hall–Kier alpha value is -2.82. The standard InChI is InChI=1S/C17H17N3O2/c1-10(2)11-3-5-12(6-4-11)16(21)18-13-7-8-14-15(9-13)20-17(22)19-14/h3-10H,1-2H3,(H,18,21)(H2,19,20,22). The van der Waals surface area contributed by atoms with E-state index in [1.165, 1.54) is 5.56 Å². The molecule has 0 spiro atoms. The predicted octanol–water partition coefficient (Wildman–Crippen LogP) is 3.23. The fourth-order valence-corrected chi connectivity index (χ4v) is 2.33. The number of nitrogens with one attached hydrogen (secondary N) is 3. The van der Waals surface area contributed by atoms with E-state index in [4.69, 9.17) is 0 Å². The topological polar surface area (TPSA) is 77.8 Å². The molecular formula is C17H17N3O2. The third-order valence-corrected chi connectivity index (χ3v) is 3.61. The van der Waals surface area contributed by atoms with Gasteiger partial charge in [0.05, 0.1) is 11.0 Å². The van der Waals surface area contributed by atoms with Gasteiger partial charge in [0, 0.05) is 11.3 Å². The molecule has 0 atom stereocenters. The highest BCUT2D eigenvalue weighted by Crippen LogP contribution is 2.17. The Morgan fingerprint density at radius 1 is 1.00 bits per heavy atom. The van der Waals surface area contributed by atoms with Crippen LogP contribution >= 0.6 is 0 Å². The van der Waals surface area contributed by atoms with Crippen molar-refractivity contribution in [1.29, 1.82) is 0 Å². The zero-order valence-corrected chi connectivity index (χ0v) is 12.4. The summed E-state index contributed by atoms with van der Waals surface area (Å²) in [4.78, 5) is 28.8. The molecule has 0 radical (unpaired) electrons. The molecule has 0 aliphatic rings. The Balaban J connectivity index is 1.81. The third kappa shape index (κ3) is 2.79. The minimum Gasteiger partial charge on any atom is -0.322 e. The Morgan fingerprint density at radius 2 is 1.68 bits per heavy atom. The van der Waals surface area contributed by atoms with Crippen LogP contribution in [0, 0.1) is 0 Å². The van der Waals surface area contributed by atoms with Crippen molar-refractivity contribution < 1.29 is 4.79 Å². The van der Waals surface area contributed by atoms with Gasteiger partial charge in [-0.3, -0.25) is 4.79 Å². The first kappa shape index (κ1) is 14.1. The zero-order chi connectivity index (χ0) is 15.7. The van der Waals surface area contributed by atoms with Crippen LogP contribution in [0.3, 0.4) is 0 Å². The van der Waals surface area contributed by atoms with Gasteiger partial charge >= 0.3 is 5.69 Å². The van der Waals surface area contributed by atoms with Crippen molar-refractivity contribution in [3.63, 3.8) is 0 Å². The molecule has 1 amide bonds. The molecule has 0 unspecified atom stereocenters. The van der Waals surface area contributed by atoms with Crippen molar-refractivity contribution in [2.24, 2.45) is 0 Å². The van der Waals surface area contributed by atoms with Gasteiger partial charge in [-0.1, -0.05) is 26.0 Å². The molecule has 3 N–H and O–H groups in total. The first-order valence-electron chi connectivity index (χ1n) is 7.16. The Kier molecular flexibility index (Phi) is 3.55. The minimum absolute atomic E-state index is 0.174. The summed E-state index contributed by atoms with van der Waals surface area (Å²) in [5, 5.41) is 2.83. The predicted molar refractivity (Wildman–Crippen MR) is 87.4 cm³/mol. The number of fused-ring (bicyclic) bond motifs is 1. The lowest BCUT2D eigenvalue weighted by molar-refractivity contribution is 0.102. The van der Waals surface area contributed by atoms with Crippen molar-refractivity contribution >= 4 is 22.6 Å². The van der Waals surface area contributed by atoms with Gasteiger partial charge in [0.2, 0.25) is 0 Å². The van der Waals surface area contributed by atoms with Crippen LogP contribution in [0.25, 0.3) is 11.0 Å². The first-order valence-corrected chi connectivity index (χ1v) is 7.16. The van der Waals surface area contributed by atoms with Crippen LogP contribution < -0.4 is 11.0 Å². The lowest BCUT2D eigenvalue weighted by atomic mass is 10.0. The lowest BCUT2D eigenvalue weighted by Gasteiger charge is -2.08. The molecule has 0 saturated carbocycles. The van der Waals surface area contributed by atoms with E-state index >= 15 is 0 Å². The average Bonchev–Trinajstić information content (AvgIpc) is 2.86. The molecule has 0 bridgehead atoms. The summed E-state index contributed by atoms with van der Waals surface area (Å²) in [5.41, 5.74) is 3.56. The van der Waals surface area contributed by atoms with Gasteiger partial charge in [-0.05, 0) is 41.8 Å². The number of benzene rings is 2. The van der Waals surface area contributed by atoms with E-state index in [2.05, 4.69) is 29.1 Å². The first-order chi connectivity index (χ1) is 10.5. The molecule has 3 aromatic rings. The molecule has 1 aromatic heterocycles. The van der Waals surface area contributed by atoms with Crippen molar-refractivity contribution in [2.75, 3.05) is 5.32 Å². The van der Waals surface area contributed by atoms with Crippen LogP contribution in [-0.4, -0.2) is 15.9 Å². The molecule has 0 fully saturated rings. The molecule has 5 nitrogen and oxygen atoms in total. The summed E-state index contributed by atoms with van der Waals surface area (Å²) in [6, 6.07) is 12.8. The maximum atomic E-state index is 12.2. The molecule has 2 aromatic carbocycles. The lowest BCUT2D eigenvalue weighted by Crippen LogP contribution is -2.11. The van der Waals surface area contributed by atoms with Gasteiger partial charge in [-0.2, -0.15) is 0 Å². The largest absolute Gasteiger partial charge is 0.323 e. The molecule has 0 aliphatic heterocycles. The maximum absolute atomic E-state index is 12.2. The second-order valence-electron chi connectivity index (χ2n) is 5.57. The van der Waals surface area contributed by atoms with Crippen LogP contribution in [0.5, 0.6) is 0 Å². The van der Waals surface area contributed by atoms with E-state index in [1.807, 2.05) is 24.3 Å². The quantitative estimate of drug-likeness (QED) is 0.693. The van der Waals surface area contributed by atoms with Gasteiger partial charge < -0.3 is 15.3 Å². The number of imidazole rings is 1. The minimum atomic E-state index is -0.261. The van der Waals surface area contributed by atoms with Crippen LogP contribution in [0.2, 0.25) is 0 Å². The van der Waals surface area contributed by atoms with E-state index in [0.29, 0.717) is 28.2 Å². The van der Waals surface area contributed by atoms with Crippen molar-refractivity contribution in [2.45, 2.75) is 19.8 Å². The highest BCUT2D eigenvalue weighted by molar-refractivity contribution is 6.04. The second-order valence-corrected chi connectivity index (χ2v) is 5.57. The molecule has 0 saturated heterocycles. The van der Waals surface area contributed by atoms with Gasteiger partial charge in [0.1, 0.15) is 0 Å². The number of rotatable bonds is 3. The number of carbonyl (C=O) groups excluding carboxylic acids is 1. The summed E-state index contributed by atoms with van der Waals surface area (Å²) in [6.07, 6.45) is 0. The van der Waals surface area contributed by atoms with Crippen LogP contribution in [0.4, 0.5) is 5.69 Å². The van der Waals surface area contributed by atoms with Crippen molar-refractivity contribution in [3.8, 4) is 0 Å². The Morgan fingerprint density at radius 3 is 2.36 bits per heavy atom. The molecule has 3 rings (SSSR count). The van der Waals surface area contributed by atoms with Gasteiger partial charge in [0.15, 0.2) is 0 Å². The SMILES string of the molecule is CC(C)c1ccc(C(=O)Nc2ccc3[nH]c(=O)[nH]c3c2)cc1. The number of aromatic amines is 2. The third-order valence-electron chi connectivity index (χ3n) is 3.61.